The van der Waals surface area contributed by atoms with Crippen molar-refractivity contribution in [3.63, 3.8) is 0 Å². The van der Waals surface area contributed by atoms with Crippen molar-refractivity contribution < 1.29 is 9.53 Å². The predicted molar refractivity (Wildman–Crippen MR) is 99.5 cm³/mol. The minimum absolute atomic E-state index is 0.256. The first-order valence-corrected chi connectivity index (χ1v) is 9.28. The van der Waals surface area contributed by atoms with Gasteiger partial charge in [-0.25, -0.2) is 15.0 Å². The van der Waals surface area contributed by atoms with Gasteiger partial charge in [-0.1, -0.05) is 23.9 Å². The quantitative estimate of drug-likeness (QED) is 0.746. The number of benzene rings is 1. The molecule has 7 nitrogen and oxygen atoms in total. The van der Waals surface area contributed by atoms with Crippen LogP contribution in [0.15, 0.2) is 48.0 Å². The minimum atomic E-state index is -0.312. The van der Waals surface area contributed by atoms with E-state index in [4.69, 9.17) is 4.74 Å². The SMILES string of the molecule is CCOc1cc(C(=O)Nc2cccc(-c3cn4c(n3)SCC4)c2)ncn1. The van der Waals surface area contributed by atoms with Crippen molar-refractivity contribution in [2.24, 2.45) is 0 Å². The zero-order valence-corrected chi connectivity index (χ0v) is 15.0. The van der Waals surface area contributed by atoms with Crippen LogP contribution >= 0.6 is 11.8 Å². The number of fused-ring (bicyclic) bond motifs is 1. The van der Waals surface area contributed by atoms with E-state index in [-0.39, 0.29) is 11.6 Å². The van der Waals surface area contributed by atoms with Crippen LogP contribution in [0, 0.1) is 0 Å². The molecule has 26 heavy (non-hydrogen) atoms. The standard InChI is InChI=1S/C18H17N5O2S/c1-2-25-16-9-14(19-11-20-16)17(24)21-13-5-3-4-12(8-13)15-10-23-6-7-26-18(23)22-15/h3-5,8-11H,2,6-7H2,1H3,(H,21,24). The van der Waals surface area contributed by atoms with Crippen molar-refractivity contribution in [2.45, 2.75) is 18.6 Å². The molecule has 4 rings (SSSR count). The second-order valence-electron chi connectivity index (χ2n) is 5.66. The Labute approximate surface area is 154 Å². The molecule has 0 aliphatic carbocycles. The number of carbonyl (C=O) groups excluding carboxylic acids is 1. The lowest BCUT2D eigenvalue weighted by Gasteiger charge is -2.07. The summed E-state index contributed by atoms with van der Waals surface area (Å²) >= 11 is 1.76. The lowest BCUT2D eigenvalue weighted by molar-refractivity contribution is 0.102. The molecule has 0 spiro atoms. The highest BCUT2D eigenvalue weighted by molar-refractivity contribution is 7.99. The van der Waals surface area contributed by atoms with Crippen molar-refractivity contribution in [1.29, 1.82) is 0 Å². The average molecular weight is 367 g/mol. The van der Waals surface area contributed by atoms with E-state index in [1.807, 2.05) is 31.2 Å². The first-order chi connectivity index (χ1) is 12.7. The number of rotatable bonds is 5. The molecule has 1 aliphatic heterocycles. The normalized spacial score (nSPS) is 12.7. The Morgan fingerprint density at radius 3 is 3.12 bits per heavy atom. The molecule has 0 unspecified atom stereocenters. The smallest absolute Gasteiger partial charge is 0.274 e. The molecule has 0 radical (unpaired) electrons. The van der Waals surface area contributed by atoms with Gasteiger partial charge < -0.3 is 14.6 Å². The molecule has 1 aromatic carbocycles. The van der Waals surface area contributed by atoms with E-state index in [9.17, 15) is 4.79 Å². The Morgan fingerprint density at radius 2 is 2.27 bits per heavy atom. The van der Waals surface area contributed by atoms with Gasteiger partial charge in [-0.05, 0) is 19.1 Å². The molecule has 8 heteroatoms. The molecule has 1 N–H and O–H groups in total. The minimum Gasteiger partial charge on any atom is -0.478 e. The summed E-state index contributed by atoms with van der Waals surface area (Å²) < 4.78 is 7.46. The molecule has 1 aliphatic rings. The third kappa shape index (κ3) is 3.41. The van der Waals surface area contributed by atoms with Crippen molar-refractivity contribution in [1.82, 2.24) is 19.5 Å². The summed E-state index contributed by atoms with van der Waals surface area (Å²) in [6, 6.07) is 9.15. The molecule has 1 amide bonds. The summed E-state index contributed by atoms with van der Waals surface area (Å²) in [7, 11) is 0. The second-order valence-corrected chi connectivity index (χ2v) is 6.72. The maximum absolute atomic E-state index is 12.5. The summed E-state index contributed by atoms with van der Waals surface area (Å²) in [6.45, 7) is 3.32. The summed E-state index contributed by atoms with van der Waals surface area (Å²) in [5.74, 6) is 1.14. The number of amides is 1. The van der Waals surface area contributed by atoms with Crippen LogP contribution in [-0.2, 0) is 6.54 Å². The van der Waals surface area contributed by atoms with Crippen molar-refractivity contribution in [3.8, 4) is 17.1 Å². The number of nitrogens with one attached hydrogen (secondary N) is 1. The first kappa shape index (κ1) is 16.6. The largest absolute Gasteiger partial charge is 0.478 e. The molecule has 0 atom stereocenters. The average Bonchev–Trinajstić information content (AvgIpc) is 3.24. The number of hydrogen-bond acceptors (Lipinski definition) is 6. The van der Waals surface area contributed by atoms with Gasteiger partial charge in [0, 0.05) is 35.8 Å². The number of carbonyl (C=O) groups is 1. The van der Waals surface area contributed by atoms with Gasteiger partial charge >= 0.3 is 0 Å². The van der Waals surface area contributed by atoms with Crippen LogP contribution in [0.1, 0.15) is 17.4 Å². The monoisotopic (exact) mass is 367 g/mol. The van der Waals surface area contributed by atoms with E-state index >= 15 is 0 Å². The zero-order valence-electron chi connectivity index (χ0n) is 14.2. The predicted octanol–water partition coefficient (Wildman–Crippen LogP) is 3.10. The molecule has 0 fully saturated rings. The van der Waals surface area contributed by atoms with E-state index in [2.05, 4.69) is 31.0 Å². The van der Waals surface area contributed by atoms with Gasteiger partial charge in [-0.3, -0.25) is 4.79 Å². The zero-order chi connectivity index (χ0) is 17.9. The Morgan fingerprint density at radius 1 is 1.35 bits per heavy atom. The Kier molecular flexibility index (Phi) is 4.57. The fraction of sp³-hybridized carbons (Fsp3) is 0.222. The van der Waals surface area contributed by atoms with Crippen LogP contribution in [0.2, 0.25) is 0 Å². The summed E-state index contributed by atoms with van der Waals surface area (Å²) in [6.07, 6.45) is 3.37. The summed E-state index contributed by atoms with van der Waals surface area (Å²) in [4.78, 5) is 25.1. The highest BCUT2D eigenvalue weighted by Gasteiger charge is 2.16. The van der Waals surface area contributed by atoms with Crippen LogP contribution in [0.3, 0.4) is 0 Å². The van der Waals surface area contributed by atoms with E-state index in [0.29, 0.717) is 18.2 Å². The maximum Gasteiger partial charge on any atom is 0.274 e. The number of aromatic nitrogens is 4. The number of hydrogen-bond donors (Lipinski definition) is 1. The third-order valence-corrected chi connectivity index (χ3v) is 4.86. The third-order valence-electron chi connectivity index (χ3n) is 3.89. The molecule has 0 bridgehead atoms. The molecular weight excluding hydrogens is 350 g/mol. The molecule has 0 saturated heterocycles. The number of imidazole rings is 1. The van der Waals surface area contributed by atoms with Crippen LogP contribution in [-0.4, -0.2) is 37.8 Å². The molecule has 3 aromatic rings. The van der Waals surface area contributed by atoms with E-state index < -0.39 is 0 Å². The highest BCUT2D eigenvalue weighted by atomic mass is 32.2. The highest BCUT2D eigenvalue weighted by Crippen LogP contribution is 2.29. The van der Waals surface area contributed by atoms with Gasteiger partial charge in [0.1, 0.15) is 12.0 Å². The van der Waals surface area contributed by atoms with E-state index in [1.165, 1.54) is 12.4 Å². The second kappa shape index (κ2) is 7.17. The number of ether oxygens (including phenoxy) is 1. The summed E-state index contributed by atoms with van der Waals surface area (Å²) in [5, 5.41) is 3.90. The Balaban J connectivity index is 1.53. The van der Waals surface area contributed by atoms with Crippen LogP contribution < -0.4 is 10.1 Å². The number of anilines is 1. The van der Waals surface area contributed by atoms with Gasteiger partial charge in [0.25, 0.3) is 5.91 Å². The van der Waals surface area contributed by atoms with Gasteiger partial charge in [-0.15, -0.1) is 0 Å². The first-order valence-electron chi connectivity index (χ1n) is 8.29. The fourth-order valence-electron chi connectivity index (χ4n) is 2.69. The Bertz CT molecular complexity index is 935. The molecular formula is C18H17N5O2S. The Hall–Kier alpha value is -2.87. The maximum atomic E-state index is 12.5. The van der Waals surface area contributed by atoms with Gasteiger partial charge in [0.15, 0.2) is 5.16 Å². The van der Waals surface area contributed by atoms with Gasteiger partial charge in [0.2, 0.25) is 5.88 Å². The summed E-state index contributed by atoms with van der Waals surface area (Å²) in [5.41, 5.74) is 2.81. The molecule has 2 aromatic heterocycles. The van der Waals surface area contributed by atoms with Crippen molar-refractivity contribution in [2.75, 3.05) is 17.7 Å². The fourth-order valence-corrected chi connectivity index (χ4v) is 3.63. The van der Waals surface area contributed by atoms with Crippen molar-refractivity contribution >= 4 is 23.4 Å². The van der Waals surface area contributed by atoms with Gasteiger partial charge in [-0.2, -0.15) is 0 Å². The van der Waals surface area contributed by atoms with E-state index in [1.54, 1.807) is 11.8 Å². The molecule has 3 heterocycles. The molecule has 132 valence electrons. The lowest BCUT2D eigenvalue weighted by atomic mass is 10.1. The lowest BCUT2D eigenvalue weighted by Crippen LogP contribution is -2.14. The van der Waals surface area contributed by atoms with Crippen LogP contribution in [0.5, 0.6) is 5.88 Å². The topological polar surface area (TPSA) is 81.9 Å². The van der Waals surface area contributed by atoms with Crippen LogP contribution in [0.4, 0.5) is 5.69 Å². The number of thioether (sulfide) groups is 1. The van der Waals surface area contributed by atoms with Gasteiger partial charge in [0.05, 0.1) is 12.3 Å². The van der Waals surface area contributed by atoms with Crippen LogP contribution in [0.25, 0.3) is 11.3 Å². The molecule has 0 saturated carbocycles. The number of nitrogens with zero attached hydrogens (tertiary/aromatic N) is 4. The number of aryl methyl sites for hydroxylation is 1. The van der Waals surface area contributed by atoms with Crippen molar-refractivity contribution in [3.05, 3.63) is 48.5 Å². The van der Waals surface area contributed by atoms with E-state index in [0.717, 1.165) is 28.7 Å².